The Bertz CT molecular complexity index is 689. The summed E-state index contributed by atoms with van der Waals surface area (Å²) >= 11 is 0. The zero-order valence-corrected chi connectivity index (χ0v) is 13.2. The Labute approximate surface area is 134 Å². The highest BCUT2D eigenvalue weighted by Crippen LogP contribution is 2.31. The summed E-state index contributed by atoms with van der Waals surface area (Å²) in [5.41, 5.74) is 1.15. The van der Waals surface area contributed by atoms with E-state index in [1.54, 1.807) is 31.4 Å². The molecule has 1 aromatic heterocycles. The van der Waals surface area contributed by atoms with Gasteiger partial charge >= 0.3 is 5.97 Å². The topological polar surface area (TPSA) is 84.6 Å². The van der Waals surface area contributed by atoms with Gasteiger partial charge in [-0.15, -0.1) is 0 Å². The second-order valence-electron chi connectivity index (χ2n) is 5.82. The van der Waals surface area contributed by atoms with Gasteiger partial charge < -0.3 is 19.7 Å². The molecule has 1 aliphatic rings. The van der Waals surface area contributed by atoms with Crippen LogP contribution in [0.15, 0.2) is 28.8 Å². The normalized spacial score (nSPS) is 15.9. The molecule has 3 rings (SSSR count). The lowest BCUT2D eigenvalue weighted by atomic mass is 9.92. The first-order chi connectivity index (χ1) is 11.1. The average Bonchev–Trinajstić information content (AvgIpc) is 2.96. The van der Waals surface area contributed by atoms with E-state index in [1.807, 2.05) is 6.92 Å². The van der Waals surface area contributed by atoms with Gasteiger partial charge in [-0.2, -0.15) is 0 Å². The van der Waals surface area contributed by atoms with Crippen molar-refractivity contribution in [2.24, 2.45) is 0 Å². The SMILES string of the molecule is COc1ccc(-c2noc(C(C)NC3CCC3)c2C(=O)O)cc1. The lowest BCUT2D eigenvalue weighted by Gasteiger charge is -2.29. The number of aromatic carboxylic acids is 1. The number of aromatic nitrogens is 1. The molecule has 1 aliphatic carbocycles. The van der Waals surface area contributed by atoms with Crippen molar-refractivity contribution in [3.05, 3.63) is 35.6 Å². The van der Waals surface area contributed by atoms with Crippen LogP contribution in [0.2, 0.25) is 0 Å². The number of rotatable bonds is 6. The van der Waals surface area contributed by atoms with E-state index in [0.717, 1.165) is 12.8 Å². The lowest BCUT2D eigenvalue weighted by Crippen LogP contribution is -2.37. The van der Waals surface area contributed by atoms with Crippen LogP contribution in [-0.4, -0.2) is 29.4 Å². The molecule has 23 heavy (non-hydrogen) atoms. The highest BCUT2D eigenvalue weighted by atomic mass is 16.5. The molecule has 2 aromatic rings. The van der Waals surface area contributed by atoms with Gasteiger partial charge in [0.25, 0.3) is 0 Å². The number of ether oxygens (including phenoxy) is 1. The molecule has 0 amide bonds. The predicted octanol–water partition coefficient (Wildman–Crippen LogP) is 3.25. The van der Waals surface area contributed by atoms with E-state index in [1.165, 1.54) is 6.42 Å². The van der Waals surface area contributed by atoms with Gasteiger partial charge in [0.2, 0.25) is 0 Å². The molecule has 0 bridgehead atoms. The molecule has 1 unspecified atom stereocenters. The van der Waals surface area contributed by atoms with E-state index in [4.69, 9.17) is 9.26 Å². The molecule has 0 aliphatic heterocycles. The van der Waals surface area contributed by atoms with E-state index in [9.17, 15) is 9.90 Å². The molecule has 0 saturated heterocycles. The first kappa shape index (κ1) is 15.6. The summed E-state index contributed by atoms with van der Waals surface area (Å²) in [6.07, 6.45) is 3.45. The summed E-state index contributed by atoms with van der Waals surface area (Å²) in [5, 5.41) is 17.0. The fourth-order valence-corrected chi connectivity index (χ4v) is 2.76. The van der Waals surface area contributed by atoms with Crippen LogP contribution >= 0.6 is 0 Å². The van der Waals surface area contributed by atoms with Crippen LogP contribution in [0.4, 0.5) is 0 Å². The van der Waals surface area contributed by atoms with Gasteiger partial charge in [-0.1, -0.05) is 11.6 Å². The standard InChI is InChI=1S/C17H20N2O4/c1-10(18-12-4-3-5-12)16-14(17(20)21)15(19-23-16)11-6-8-13(22-2)9-7-11/h6-10,12,18H,3-5H2,1-2H3,(H,20,21). The van der Waals surface area contributed by atoms with Gasteiger partial charge in [0.15, 0.2) is 5.76 Å². The fourth-order valence-electron chi connectivity index (χ4n) is 2.76. The number of nitrogens with one attached hydrogen (secondary N) is 1. The van der Waals surface area contributed by atoms with Gasteiger partial charge in [0, 0.05) is 11.6 Å². The average molecular weight is 316 g/mol. The van der Waals surface area contributed by atoms with E-state index in [2.05, 4.69) is 10.5 Å². The highest BCUT2D eigenvalue weighted by Gasteiger charge is 2.29. The van der Waals surface area contributed by atoms with Crippen LogP contribution in [0.3, 0.4) is 0 Å². The maximum absolute atomic E-state index is 11.7. The minimum absolute atomic E-state index is 0.120. The monoisotopic (exact) mass is 316 g/mol. The second-order valence-corrected chi connectivity index (χ2v) is 5.82. The fraction of sp³-hybridized carbons (Fsp3) is 0.412. The van der Waals surface area contributed by atoms with Crippen molar-refractivity contribution < 1.29 is 19.2 Å². The molecular formula is C17H20N2O4. The Kier molecular flexibility index (Phi) is 4.34. The van der Waals surface area contributed by atoms with Crippen molar-refractivity contribution in [3.8, 4) is 17.0 Å². The molecule has 1 atom stereocenters. The molecule has 1 heterocycles. The van der Waals surface area contributed by atoms with Gasteiger partial charge in [0.05, 0.1) is 13.2 Å². The number of carboxylic acids is 1. The molecule has 1 saturated carbocycles. The summed E-state index contributed by atoms with van der Waals surface area (Å²) in [4.78, 5) is 11.7. The molecule has 2 N–H and O–H groups in total. The number of benzene rings is 1. The number of hydrogen-bond acceptors (Lipinski definition) is 5. The van der Waals surface area contributed by atoms with Gasteiger partial charge in [-0.3, -0.25) is 0 Å². The van der Waals surface area contributed by atoms with E-state index < -0.39 is 5.97 Å². The van der Waals surface area contributed by atoms with Crippen LogP contribution in [-0.2, 0) is 0 Å². The van der Waals surface area contributed by atoms with E-state index in [0.29, 0.717) is 28.8 Å². The Morgan fingerprint density at radius 3 is 2.61 bits per heavy atom. The van der Waals surface area contributed by atoms with E-state index >= 15 is 0 Å². The van der Waals surface area contributed by atoms with Crippen LogP contribution in [0.1, 0.15) is 48.3 Å². The van der Waals surface area contributed by atoms with Crippen molar-refractivity contribution in [1.82, 2.24) is 10.5 Å². The van der Waals surface area contributed by atoms with Crippen molar-refractivity contribution in [2.75, 3.05) is 7.11 Å². The Hall–Kier alpha value is -2.34. The zero-order chi connectivity index (χ0) is 16.4. The summed E-state index contributed by atoms with van der Waals surface area (Å²) in [5.74, 6) is 0.0407. The van der Waals surface area contributed by atoms with Crippen molar-refractivity contribution in [3.63, 3.8) is 0 Å². The third-order valence-electron chi connectivity index (χ3n) is 4.28. The number of nitrogens with zero attached hydrogens (tertiary/aromatic N) is 1. The number of methoxy groups -OCH3 is 1. The molecule has 1 fully saturated rings. The predicted molar refractivity (Wildman–Crippen MR) is 84.6 cm³/mol. The Morgan fingerprint density at radius 2 is 2.09 bits per heavy atom. The van der Waals surface area contributed by atoms with Crippen LogP contribution < -0.4 is 10.1 Å². The third kappa shape index (κ3) is 3.07. The number of carboxylic acid groups (broad SMARTS) is 1. The van der Waals surface area contributed by atoms with Gasteiger partial charge in [-0.05, 0) is 44.0 Å². The minimum Gasteiger partial charge on any atom is -0.497 e. The summed E-state index contributed by atoms with van der Waals surface area (Å²) in [6.45, 7) is 1.91. The van der Waals surface area contributed by atoms with Crippen LogP contribution in [0.5, 0.6) is 5.75 Å². The van der Waals surface area contributed by atoms with Crippen LogP contribution in [0.25, 0.3) is 11.3 Å². The van der Waals surface area contributed by atoms with Gasteiger partial charge in [-0.25, -0.2) is 4.79 Å². The first-order valence-corrected chi connectivity index (χ1v) is 7.73. The molecular weight excluding hydrogens is 296 g/mol. The number of hydrogen-bond donors (Lipinski definition) is 2. The third-order valence-corrected chi connectivity index (χ3v) is 4.28. The largest absolute Gasteiger partial charge is 0.497 e. The summed E-state index contributed by atoms with van der Waals surface area (Å²) < 4.78 is 10.5. The first-order valence-electron chi connectivity index (χ1n) is 7.73. The Morgan fingerprint density at radius 1 is 1.39 bits per heavy atom. The summed E-state index contributed by atoms with van der Waals surface area (Å²) in [7, 11) is 1.58. The zero-order valence-electron chi connectivity index (χ0n) is 13.2. The molecule has 6 nitrogen and oxygen atoms in total. The van der Waals surface area contributed by atoms with Crippen LogP contribution in [0, 0.1) is 0 Å². The smallest absolute Gasteiger partial charge is 0.341 e. The van der Waals surface area contributed by atoms with E-state index in [-0.39, 0.29) is 11.6 Å². The van der Waals surface area contributed by atoms with Gasteiger partial charge in [0.1, 0.15) is 17.0 Å². The molecule has 0 spiro atoms. The Balaban J connectivity index is 1.92. The van der Waals surface area contributed by atoms with Crippen molar-refractivity contribution in [2.45, 2.75) is 38.3 Å². The van der Waals surface area contributed by atoms with Crippen molar-refractivity contribution >= 4 is 5.97 Å². The quantitative estimate of drug-likeness (QED) is 0.851. The highest BCUT2D eigenvalue weighted by molar-refractivity contribution is 5.96. The second kappa shape index (κ2) is 6.42. The maximum atomic E-state index is 11.7. The molecule has 6 heteroatoms. The minimum atomic E-state index is -1.03. The lowest BCUT2D eigenvalue weighted by molar-refractivity contribution is 0.0693. The summed E-state index contributed by atoms with van der Waals surface area (Å²) in [6, 6.07) is 7.33. The maximum Gasteiger partial charge on any atom is 0.341 e. The molecule has 0 radical (unpaired) electrons. The van der Waals surface area contributed by atoms with Crippen molar-refractivity contribution in [1.29, 1.82) is 0 Å². The molecule has 122 valence electrons. The molecule has 1 aromatic carbocycles. The number of carbonyl (C=O) groups is 1.